The minimum Gasteiger partial charge on any atom is -0.500 e. The Balaban J connectivity index is 2.45. The number of rotatable bonds is 3. The first-order valence-electron chi connectivity index (χ1n) is 6.37. The van der Waals surface area contributed by atoms with Crippen LogP contribution in [0.15, 0.2) is 24.5 Å². The van der Waals surface area contributed by atoms with Crippen molar-refractivity contribution in [2.24, 2.45) is 23.2 Å². The van der Waals surface area contributed by atoms with E-state index in [2.05, 4.69) is 6.58 Å². The molecule has 98 valence electrons. The Kier molecular flexibility index (Phi) is 3.18. The molecule has 2 rings (SSSR count). The van der Waals surface area contributed by atoms with Crippen LogP contribution in [0.1, 0.15) is 26.7 Å². The van der Waals surface area contributed by atoms with Crippen LogP contribution in [0, 0.1) is 23.2 Å². The van der Waals surface area contributed by atoms with E-state index in [1.54, 1.807) is 0 Å². The van der Waals surface area contributed by atoms with Gasteiger partial charge in [-0.3, -0.25) is 9.59 Å². The van der Waals surface area contributed by atoms with Gasteiger partial charge in [0.25, 0.3) is 0 Å². The van der Waals surface area contributed by atoms with E-state index in [0.29, 0.717) is 11.7 Å². The Morgan fingerprint density at radius 3 is 2.72 bits per heavy atom. The van der Waals surface area contributed by atoms with Gasteiger partial charge in [0.2, 0.25) is 0 Å². The normalized spacial score (nSPS) is 33.9. The van der Waals surface area contributed by atoms with Gasteiger partial charge in [0.1, 0.15) is 5.76 Å². The smallest absolute Gasteiger partial charge is 0.170 e. The zero-order valence-electron chi connectivity index (χ0n) is 11.2. The first kappa shape index (κ1) is 13.1. The molecule has 2 aliphatic rings. The number of carbonyl (C=O) groups excluding carboxylic acids is 2. The Labute approximate surface area is 108 Å². The molecule has 1 fully saturated rings. The molecule has 0 spiro atoms. The van der Waals surface area contributed by atoms with E-state index >= 15 is 0 Å². The molecule has 0 unspecified atom stereocenters. The van der Waals surface area contributed by atoms with Crippen molar-refractivity contribution in [2.75, 3.05) is 7.11 Å². The third-order valence-corrected chi connectivity index (χ3v) is 4.54. The topological polar surface area (TPSA) is 43.4 Å². The molecule has 0 saturated heterocycles. The third kappa shape index (κ3) is 1.73. The van der Waals surface area contributed by atoms with Gasteiger partial charge < -0.3 is 4.74 Å². The summed E-state index contributed by atoms with van der Waals surface area (Å²) in [5.74, 6) is 0.00334. The lowest BCUT2D eigenvalue weighted by Gasteiger charge is -2.47. The van der Waals surface area contributed by atoms with Gasteiger partial charge in [0.05, 0.1) is 18.9 Å². The fraction of sp³-hybridized carbons (Fsp3) is 0.600. The molecule has 3 nitrogen and oxygen atoms in total. The molecule has 0 aliphatic heterocycles. The van der Waals surface area contributed by atoms with Gasteiger partial charge >= 0.3 is 0 Å². The lowest BCUT2D eigenvalue weighted by Crippen LogP contribution is -2.52. The number of ketones is 2. The fourth-order valence-electron chi connectivity index (χ4n) is 3.40. The molecule has 18 heavy (non-hydrogen) atoms. The van der Waals surface area contributed by atoms with Crippen molar-refractivity contribution in [3.05, 3.63) is 24.5 Å². The van der Waals surface area contributed by atoms with E-state index in [4.69, 9.17) is 4.74 Å². The van der Waals surface area contributed by atoms with Gasteiger partial charge in [-0.1, -0.05) is 19.9 Å². The number of ether oxygens (including phenoxy) is 1. The summed E-state index contributed by atoms with van der Waals surface area (Å²) in [6, 6.07) is 0. The van der Waals surface area contributed by atoms with Crippen LogP contribution in [-0.2, 0) is 14.3 Å². The van der Waals surface area contributed by atoms with Gasteiger partial charge in [0, 0.05) is 6.08 Å². The highest BCUT2D eigenvalue weighted by Gasteiger charge is 2.54. The largest absolute Gasteiger partial charge is 0.500 e. The van der Waals surface area contributed by atoms with Crippen LogP contribution >= 0.6 is 0 Å². The van der Waals surface area contributed by atoms with Gasteiger partial charge in [-0.2, -0.15) is 0 Å². The van der Waals surface area contributed by atoms with Crippen LogP contribution in [0.2, 0.25) is 0 Å². The van der Waals surface area contributed by atoms with Crippen LogP contribution < -0.4 is 0 Å². The van der Waals surface area contributed by atoms with Crippen LogP contribution in [0.3, 0.4) is 0 Å². The second kappa shape index (κ2) is 4.38. The summed E-state index contributed by atoms with van der Waals surface area (Å²) in [5, 5.41) is 0. The number of hydrogen-bond acceptors (Lipinski definition) is 3. The van der Waals surface area contributed by atoms with Crippen LogP contribution in [0.4, 0.5) is 0 Å². The van der Waals surface area contributed by atoms with Crippen molar-refractivity contribution in [1.82, 2.24) is 0 Å². The molecule has 0 N–H and O–H groups in total. The monoisotopic (exact) mass is 248 g/mol. The lowest BCUT2D eigenvalue weighted by atomic mass is 9.54. The first-order valence-corrected chi connectivity index (χ1v) is 6.37. The zero-order chi connectivity index (χ0) is 13.5. The summed E-state index contributed by atoms with van der Waals surface area (Å²) in [5.41, 5.74) is -0.297. The molecule has 0 amide bonds. The van der Waals surface area contributed by atoms with Crippen molar-refractivity contribution in [3.63, 3.8) is 0 Å². The van der Waals surface area contributed by atoms with Crippen molar-refractivity contribution in [2.45, 2.75) is 26.7 Å². The van der Waals surface area contributed by atoms with Gasteiger partial charge in [-0.25, -0.2) is 0 Å². The number of fused-ring (bicyclic) bond motifs is 2. The highest BCUT2D eigenvalue weighted by Crippen LogP contribution is 2.51. The molecule has 2 bridgehead atoms. The van der Waals surface area contributed by atoms with E-state index in [1.165, 1.54) is 13.2 Å². The lowest BCUT2D eigenvalue weighted by molar-refractivity contribution is -0.147. The second-order valence-corrected chi connectivity index (χ2v) is 5.82. The molecule has 2 aliphatic carbocycles. The van der Waals surface area contributed by atoms with E-state index in [0.717, 1.165) is 12.8 Å². The molecule has 1 saturated carbocycles. The number of carbonyl (C=O) groups is 2. The van der Waals surface area contributed by atoms with Crippen molar-refractivity contribution in [3.8, 4) is 0 Å². The van der Waals surface area contributed by atoms with Crippen molar-refractivity contribution in [1.29, 1.82) is 0 Å². The summed E-state index contributed by atoms with van der Waals surface area (Å²) in [7, 11) is 1.52. The summed E-state index contributed by atoms with van der Waals surface area (Å²) in [6.45, 7) is 7.81. The van der Waals surface area contributed by atoms with E-state index < -0.39 is 5.92 Å². The number of methoxy groups -OCH3 is 1. The molecule has 0 aromatic heterocycles. The van der Waals surface area contributed by atoms with Crippen LogP contribution in [0.5, 0.6) is 0 Å². The Bertz CT molecular complexity index is 431. The minimum absolute atomic E-state index is 0.0321. The van der Waals surface area contributed by atoms with Gasteiger partial charge in [-0.05, 0) is 24.2 Å². The molecule has 0 aromatic rings. The van der Waals surface area contributed by atoms with Crippen molar-refractivity contribution >= 4 is 11.6 Å². The zero-order valence-corrected chi connectivity index (χ0v) is 11.2. The SMILES string of the molecule is C=CC[C@H]1C[C@H]2C(=O)[C@H](C(=O)C=C2OC)C1(C)C. The fourth-order valence-corrected chi connectivity index (χ4v) is 3.40. The Morgan fingerprint density at radius 2 is 2.17 bits per heavy atom. The highest BCUT2D eigenvalue weighted by atomic mass is 16.5. The highest BCUT2D eigenvalue weighted by molar-refractivity contribution is 6.13. The summed E-state index contributed by atoms with van der Waals surface area (Å²) >= 11 is 0. The average Bonchev–Trinajstić information content (AvgIpc) is 2.29. The summed E-state index contributed by atoms with van der Waals surface area (Å²) < 4.78 is 5.21. The van der Waals surface area contributed by atoms with E-state index in [9.17, 15) is 9.59 Å². The quantitative estimate of drug-likeness (QED) is 0.569. The van der Waals surface area contributed by atoms with E-state index in [-0.39, 0.29) is 22.9 Å². The summed E-state index contributed by atoms with van der Waals surface area (Å²) in [6.07, 6.45) is 4.97. The number of Topliss-reactive ketones (excluding diaryl/α,β-unsaturated/α-hetero) is 1. The number of allylic oxidation sites excluding steroid dienone is 3. The van der Waals surface area contributed by atoms with Crippen LogP contribution in [0.25, 0.3) is 0 Å². The standard InChI is InChI=1S/C15H20O3/c1-5-6-9-7-10-12(18-4)8-11(16)13(14(10)17)15(9,2)3/h5,8-10,13H,1,6-7H2,2-4H3/t9-,10+,13-/m0/s1. The molecule has 3 atom stereocenters. The predicted molar refractivity (Wildman–Crippen MR) is 68.8 cm³/mol. The van der Waals surface area contributed by atoms with E-state index in [1.807, 2.05) is 19.9 Å². The third-order valence-electron chi connectivity index (χ3n) is 4.54. The maximum Gasteiger partial charge on any atom is 0.170 e. The number of hydrogen-bond donors (Lipinski definition) is 0. The van der Waals surface area contributed by atoms with Gasteiger partial charge in [-0.15, -0.1) is 6.58 Å². The molecular weight excluding hydrogens is 228 g/mol. The second-order valence-electron chi connectivity index (χ2n) is 5.82. The van der Waals surface area contributed by atoms with Crippen LogP contribution in [-0.4, -0.2) is 18.7 Å². The predicted octanol–water partition coefficient (Wildman–Crippen LogP) is 2.52. The molecular formula is C15H20O3. The Hall–Kier alpha value is -1.38. The minimum atomic E-state index is -0.514. The molecule has 0 heterocycles. The maximum atomic E-state index is 12.4. The molecule has 0 radical (unpaired) electrons. The molecule has 3 heteroatoms. The summed E-state index contributed by atoms with van der Waals surface area (Å²) in [4.78, 5) is 24.5. The average molecular weight is 248 g/mol. The maximum absolute atomic E-state index is 12.4. The molecule has 0 aromatic carbocycles. The van der Waals surface area contributed by atoms with Crippen molar-refractivity contribution < 1.29 is 14.3 Å². The first-order chi connectivity index (χ1) is 8.43. The van der Waals surface area contributed by atoms with Gasteiger partial charge in [0.15, 0.2) is 11.6 Å². The Morgan fingerprint density at radius 1 is 1.50 bits per heavy atom.